The highest BCUT2D eigenvalue weighted by Gasteiger charge is 2.13. The molecule has 0 aromatic heterocycles. The molecule has 4 nitrogen and oxygen atoms in total. The molecule has 1 rings (SSSR count). The molecular formula is C12H16ClNO3. The van der Waals surface area contributed by atoms with Gasteiger partial charge in [-0.15, -0.1) is 0 Å². The van der Waals surface area contributed by atoms with Crippen molar-refractivity contribution in [2.75, 3.05) is 19.0 Å². The summed E-state index contributed by atoms with van der Waals surface area (Å²) in [6.45, 7) is 4.24. The van der Waals surface area contributed by atoms with Crippen LogP contribution in [0.25, 0.3) is 0 Å². The number of benzene rings is 1. The van der Waals surface area contributed by atoms with Gasteiger partial charge in [-0.25, -0.2) is 4.79 Å². The second kappa shape index (κ2) is 5.89. The minimum absolute atomic E-state index is 0.0822. The molecule has 0 aliphatic rings. The predicted octanol–water partition coefficient (Wildman–Crippen LogP) is 2.79. The molecule has 0 aliphatic carbocycles. The zero-order valence-corrected chi connectivity index (χ0v) is 10.8. The van der Waals surface area contributed by atoms with Crippen molar-refractivity contribution >= 4 is 23.3 Å². The van der Waals surface area contributed by atoms with Crippen LogP contribution < -0.4 is 5.32 Å². The first kappa shape index (κ1) is 13.8. The lowest BCUT2D eigenvalue weighted by molar-refractivity contribution is 0.0696. The van der Waals surface area contributed by atoms with Crippen LogP contribution in [0.15, 0.2) is 12.1 Å². The molecule has 0 heterocycles. The highest BCUT2D eigenvalue weighted by Crippen LogP contribution is 2.25. The summed E-state index contributed by atoms with van der Waals surface area (Å²) in [5.74, 6) is -0.979. The van der Waals surface area contributed by atoms with Crippen molar-refractivity contribution in [1.29, 1.82) is 0 Å². The number of carbonyl (C=O) groups is 1. The number of methoxy groups -OCH3 is 1. The van der Waals surface area contributed by atoms with Crippen LogP contribution >= 0.6 is 11.6 Å². The van der Waals surface area contributed by atoms with Gasteiger partial charge in [-0.2, -0.15) is 0 Å². The summed E-state index contributed by atoms with van der Waals surface area (Å²) in [6, 6.07) is 3.25. The maximum absolute atomic E-state index is 11.0. The lowest BCUT2D eigenvalue weighted by Gasteiger charge is -2.17. The van der Waals surface area contributed by atoms with E-state index < -0.39 is 5.97 Å². The van der Waals surface area contributed by atoms with E-state index >= 15 is 0 Å². The fourth-order valence-electron chi connectivity index (χ4n) is 1.61. The van der Waals surface area contributed by atoms with Gasteiger partial charge in [-0.3, -0.25) is 0 Å². The van der Waals surface area contributed by atoms with Crippen molar-refractivity contribution in [2.45, 2.75) is 19.9 Å². The molecule has 2 N–H and O–H groups in total. The number of aromatic carboxylic acids is 1. The number of carboxylic acid groups (broad SMARTS) is 1. The quantitative estimate of drug-likeness (QED) is 0.852. The largest absolute Gasteiger partial charge is 0.478 e. The van der Waals surface area contributed by atoms with E-state index in [9.17, 15) is 4.79 Å². The van der Waals surface area contributed by atoms with Crippen LogP contribution in [-0.4, -0.2) is 30.8 Å². The molecular weight excluding hydrogens is 242 g/mol. The smallest absolute Gasteiger partial charge is 0.336 e. The van der Waals surface area contributed by atoms with Gasteiger partial charge in [-0.05, 0) is 31.5 Å². The summed E-state index contributed by atoms with van der Waals surface area (Å²) >= 11 is 5.89. The lowest BCUT2D eigenvalue weighted by atomic mass is 10.1. The van der Waals surface area contributed by atoms with Crippen LogP contribution in [0, 0.1) is 6.92 Å². The molecule has 0 bridgehead atoms. The fraction of sp³-hybridized carbons (Fsp3) is 0.417. The van der Waals surface area contributed by atoms with E-state index in [4.69, 9.17) is 21.4 Å². The Morgan fingerprint density at radius 2 is 2.24 bits per heavy atom. The standard InChI is InChI=1S/C12H16ClNO3/c1-7(6-17-3)14-11-5-9(13)4-10(8(11)2)12(15)16/h4-5,7,14H,6H2,1-3H3,(H,15,16). The van der Waals surface area contributed by atoms with E-state index in [1.165, 1.54) is 6.07 Å². The first-order valence-electron chi connectivity index (χ1n) is 5.24. The zero-order valence-electron chi connectivity index (χ0n) is 10.1. The average Bonchev–Trinajstić information content (AvgIpc) is 2.22. The van der Waals surface area contributed by atoms with Gasteiger partial charge in [0.2, 0.25) is 0 Å². The van der Waals surface area contributed by atoms with E-state index in [-0.39, 0.29) is 11.6 Å². The monoisotopic (exact) mass is 257 g/mol. The fourth-order valence-corrected chi connectivity index (χ4v) is 1.83. The Labute approximate surface area is 106 Å². The highest BCUT2D eigenvalue weighted by atomic mass is 35.5. The number of halogens is 1. The Balaban J connectivity index is 3.03. The van der Waals surface area contributed by atoms with Crippen molar-refractivity contribution in [3.05, 3.63) is 28.3 Å². The van der Waals surface area contributed by atoms with E-state index in [1.807, 2.05) is 6.92 Å². The third kappa shape index (κ3) is 3.61. The number of carboxylic acids is 1. The second-order valence-electron chi connectivity index (χ2n) is 3.93. The molecule has 1 aromatic rings. The number of anilines is 1. The minimum atomic E-state index is -0.979. The third-order valence-corrected chi connectivity index (χ3v) is 2.64. The maximum Gasteiger partial charge on any atom is 0.336 e. The Bertz CT molecular complexity index is 420. The average molecular weight is 258 g/mol. The number of ether oxygens (including phenoxy) is 1. The van der Waals surface area contributed by atoms with Gasteiger partial charge < -0.3 is 15.2 Å². The Kier molecular flexibility index (Phi) is 4.78. The zero-order chi connectivity index (χ0) is 13.0. The van der Waals surface area contributed by atoms with Crippen molar-refractivity contribution in [3.63, 3.8) is 0 Å². The summed E-state index contributed by atoms with van der Waals surface area (Å²) < 4.78 is 5.01. The van der Waals surface area contributed by atoms with Crippen LogP contribution in [0.1, 0.15) is 22.8 Å². The van der Waals surface area contributed by atoms with Gasteiger partial charge in [0, 0.05) is 23.9 Å². The molecule has 1 aromatic carbocycles. The molecule has 0 radical (unpaired) electrons. The molecule has 94 valence electrons. The molecule has 0 aliphatic heterocycles. The summed E-state index contributed by atoms with van der Waals surface area (Å²) in [6.07, 6.45) is 0. The summed E-state index contributed by atoms with van der Waals surface area (Å²) in [4.78, 5) is 11.0. The topological polar surface area (TPSA) is 58.6 Å². The van der Waals surface area contributed by atoms with Crippen LogP contribution in [0.5, 0.6) is 0 Å². The minimum Gasteiger partial charge on any atom is -0.478 e. The molecule has 1 unspecified atom stereocenters. The van der Waals surface area contributed by atoms with E-state index in [2.05, 4.69) is 5.32 Å². The molecule has 0 amide bonds. The normalized spacial score (nSPS) is 12.2. The number of hydrogen-bond acceptors (Lipinski definition) is 3. The van der Waals surface area contributed by atoms with Crippen molar-refractivity contribution in [2.24, 2.45) is 0 Å². The molecule has 0 saturated carbocycles. The highest BCUT2D eigenvalue weighted by molar-refractivity contribution is 6.31. The van der Waals surface area contributed by atoms with Crippen molar-refractivity contribution in [1.82, 2.24) is 0 Å². The van der Waals surface area contributed by atoms with Gasteiger partial charge in [0.25, 0.3) is 0 Å². The summed E-state index contributed by atoms with van der Waals surface area (Å²) in [7, 11) is 1.62. The van der Waals surface area contributed by atoms with Crippen molar-refractivity contribution < 1.29 is 14.6 Å². The number of rotatable bonds is 5. The molecule has 5 heteroatoms. The van der Waals surface area contributed by atoms with Gasteiger partial charge in [-0.1, -0.05) is 11.6 Å². The van der Waals surface area contributed by atoms with Crippen LogP contribution in [0.2, 0.25) is 5.02 Å². The molecule has 17 heavy (non-hydrogen) atoms. The molecule has 0 spiro atoms. The van der Waals surface area contributed by atoms with E-state index in [0.29, 0.717) is 17.2 Å². The van der Waals surface area contributed by atoms with Gasteiger partial charge in [0.1, 0.15) is 0 Å². The SMILES string of the molecule is COCC(C)Nc1cc(Cl)cc(C(=O)O)c1C. The maximum atomic E-state index is 11.0. The molecule has 0 fully saturated rings. The van der Waals surface area contributed by atoms with E-state index in [1.54, 1.807) is 20.1 Å². The van der Waals surface area contributed by atoms with Crippen molar-refractivity contribution in [3.8, 4) is 0 Å². The van der Waals surface area contributed by atoms with Crippen LogP contribution in [0.4, 0.5) is 5.69 Å². The first-order chi connectivity index (χ1) is 7.95. The Hall–Kier alpha value is -1.26. The second-order valence-corrected chi connectivity index (χ2v) is 4.37. The van der Waals surface area contributed by atoms with Crippen LogP contribution in [0.3, 0.4) is 0 Å². The third-order valence-electron chi connectivity index (χ3n) is 2.42. The molecule has 0 saturated heterocycles. The first-order valence-corrected chi connectivity index (χ1v) is 5.62. The van der Waals surface area contributed by atoms with Gasteiger partial charge >= 0.3 is 5.97 Å². The summed E-state index contributed by atoms with van der Waals surface area (Å²) in [5.41, 5.74) is 1.61. The number of hydrogen-bond donors (Lipinski definition) is 2. The predicted molar refractivity (Wildman–Crippen MR) is 68.1 cm³/mol. The number of nitrogens with one attached hydrogen (secondary N) is 1. The lowest BCUT2D eigenvalue weighted by Crippen LogP contribution is -2.21. The van der Waals surface area contributed by atoms with Crippen LogP contribution in [-0.2, 0) is 4.74 Å². The van der Waals surface area contributed by atoms with Gasteiger partial charge in [0.05, 0.1) is 12.2 Å². The Morgan fingerprint density at radius 3 is 2.76 bits per heavy atom. The van der Waals surface area contributed by atoms with E-state index in [0.717, 1.165) is 5.69 Å². The van der Waals surface area contributed by atoms with Gasteiger partial charge in [0.15, 0.2) is 0 Å². The Morgan fingerprint density at radius 1 is 1.59 bits per heavy atom. The summed E-state index contributed by atoms with van der Waals surface area (Å²) in [5, 5.41) is 12.6. The molecule has 1 atom stereocenters.